The van der Waals surface area contributed by atoms with E-state index in [0.717, 1.165) is 148 Å². The van der Waals surface area contributed by atoms with Crippen molar-refractivity contribution in [2.75, 3.05) is 40.9 Å². The van der Waals surface area contributed by atoms with Gasteiger partial charge in [-0.05, 0) is 134 Å². The van der Waals surface area contributed by atoms with Gasteiger partial charge >= 0.3 is 13.8 Å². The smallest absolute Gasteiger partial charge is 0.456 e. The normalized spacial score (nSPS) is 14.6. The third-order valence-corrected chi connectivity index (χ3v) is 14.7. The molecule has 9 nitrogen and oxygen atoms in total. The minimum absolute atomic E-state index is 0.0196. The Kier molecular flexibility index (Phi) is 58.5. The highest BCUT2D eigenvalue weighted by Gasteiger charge is 2.30. The molecule has 0 aliphatic carbocycles. The van der Waals surface area contributed by atoms with Gasteiger partial charge in [0.05, 0.1) is 33.8 Å². The first-order valence-electron chi connectivity index (χ1n) is 33.3. The highest BCUT2D eigenvalue weighted by molar-refractivity contribution is 7.47. The number of hydrogen-bond acceptors (Lipinski definition) is 6. The van der Waals surface area contributed by atoms with Crippen molar-refractivity contribution in [2.45, 2.75) is 258 Å². The molecule has 0 aromatic heterocycles. The maximum Gasteiger partial charge on any atom is 0.472 e. The van der Waals surface area contributed by atoms with Crippen LogP contribution in [-0.4, -0.2) is 74.3 Å². The summed E-state index contributed by atoms with van der Waals surface area (Å²) in [4.78, 5) is 37.8. The number of unbranched alkanes of at least 4 members (excludes halogenated alkanes) is 18. The SMILES string of the molecule is CC/C=C\C/C=C\C/C=C\C/C=C\C/C=C\C/C=C\CCCCCCCCC(=O)OC(/C=C/CCCCCCCCCCCC)C(COP(=O)(O)OCC[N+](C)(C)C)NC(=O)CCCC/C=C\C/C=C\C/C=C\C/C=C\C/C=C\C/C=C\CC. The van der Waals surface area contributed by atoms with Crippen LogP contribution in [-0.2, 0) is 27.9 Å². The molecule has 3 atom stereocenters. The van der Waals surface area contributed by atoms with Crippen molar-refractivity contribution in [3.63, 3.8) is 0 Å². The van der Waals surface area contributed by atoms with E-state index in [1.165, 1.54) is 51.4 Å². The quantitative estimate of drug-likeness (QED) is 0.0205. The summed E-state index contributed by atoms with van der Waals surface area (Å²) in [7, 11) is 1.43. The molecule has 0 aliphatic heterocycles. The van der Waals surface area contributed by atoms with Crippen LogP contribution in [0.25, 0.3) is 0 Å². The maximum absolute atomic E-state index is 13.6. The van der Waals surface area contributed by atoms with Crippen molar-refractivity contribution < 1.29 is 37.3 Å². The summed E-state index contributed by atoms with van der Waals surface area (Å²) in [5, 5.41) is 3.03. The Morgan fingerprint density at radius 1 is 0.429 bits per heavy atom. The first-order valence-corrected chi connectivity index (χ1v) is 34.8. The summed E-state index contributed by atoms with van der Waals surface area (Å²) in [6.45, 7) is 6.72. The Balaban J connectivity index is 5.29. The summed E-state index contributed by atoms with van der Waals surface area (Å²) >= 11 is 0. The lowest BCUT2D eigenvalue weighted by molar-refractivity contribution is -0.870. The molecule has 3 unspecified atom stereocenters. The molecule has 476 valence electrons. The number of amides is 1. The van der Waals surface area contributed by atoms with Gasteiger partial charge in [0.25, 0.3) is 0 Å². The molecule has 0 fully saturated rings. The molecule has 1 amide bonds. The van der Waals surface area contributed by atoms with Crippen LogP contribution in [0, 0.1) is 0 Å². The standard InChI is InChI=1S/C74H123N2O7P/c1-7-10-13-16-19-22-25-28-30-32-34-36-37-38-39-41-43-45-47-49-52-55-58-61-64-67-74(78)83-72(65-62-59-56-53-50-27-24-21-18-15-12-9-3)71(70-82-84(79,80)81-69-68-76(4,5)6)75-73(77)66-63-60-57-54-51-48-46-44-42-40-35-33-31-29-26-23-20-17-14-11-8-2/h10-11,13-14,19-20,22-23,28-31,34-36,38-40,43-46,51,54,62,65,71-72H,7-9,12,15-18,21,24-27,32-33,37,41-42,47-50,52-53,55-61,63-64,66-70H2,1-6H3,(H-,75,77,79,80)/p+1/b13-10-,14-11-,22-19-,23-20-,30-28-,31-29-,36-34-,39-38-,40-35-,45-43-,46-44-,54-51-,65-62+. The Hall–Kier alpha value is -4.37. The van der Waals surface area contributed by atoms with E-state index >= 15 is 0 Å². The Morgan fingerprint density at radius 2 is 0.762 bits per heavy atom. The fourth-order valence-electron chi connectivity index (χ4n) is 8.65. The van der Waals surface area contributed by atoms with E-state index in [4.69, 9.17) is 13.8 Å². The molecule has 0 aromatic carbocycles. The molecular formula is C74H124N2O7P+. The van der Waals surface area contributed by atoms with Crippen LogP contribution in [0.3, 0.4) is 0 Å². The summed E-state index contributed by atoms with van der Waals surface area (Å²) in [5.74, 6) is -0.585. The van der Waals surface area contributed by atoms with Gasteiger partial charge < -0.3 is 19.4 Å². The van der Waals surface area contributed by atoms with Gasteiger partial charge in [0.1, 0.15) is 19.3 Å². The van der Waals surface area contributed by atoms with Crippen molar-refractivity contribution >= 4 is 19.7 Å². The van der Waals surface area contributed by atoms with Crippen molar-refractivity contribution in [3.05, 3.63) is 158 Å². The number of phosphoric acid groups is 1. The molecule has 0 saturated carbocycles. The molecule has 0 saturated heterocycles. The molecule has 0 aromatic rings. The lowest BCUT2D eigenvalue weighted by Crippen LogP contribution is -2.47. The minimum Gasteiger partial charge on any atom is -0.456 e. The third-order valence-electron chi connectivity index (χ3n) is 13.7. The molecule has 0 spiro atoms. The molecule has 0 radical (unpaired) electrons. The zero-order valence-electron chi connectivity index (χ0n) is 54.3. The highest BCUT2D eigenvalue weighted by atomic mass is 31.2. The number of nitrogens with zero attached hydrogens (tertiary/aromatic N) is 1. The predicted octanol–water partition coefficient (Wildman–Crippen LogP) is 21.2. The van der Waals surface area contributed by atoms with Crippen molar-refractivity contribution in [1.29, 1.82) is 0 Å². The summed E-state index contributed by atoms with van der Waals surface area (Å²) in [6, 6.07) is -0.891. The Labute approximate surface area is 516 Å². The van der Waals surface area contributed by atoms with Crippen LogP contribution < -0.4 is 5.32 Å². The zero-order chi connectivity index (χ0) is 61.4. The van der Waals surface area contributed by atoms with E-state index in [0.29, 0.717) is 23.9 Å². The van der Waals surface area contributed by atoms with E-state index in [1.807, 2.05) is 33.3 Å². The monoisotopic (exact) mass is 1180 g/mol. The molecule has 2 N–H and O–H groups in total. The van der Waals surface area contributed by atoms with Crippen LogP contribution >= 0.6 is 7.82 Å². The van der Waals surface area contributed by atoms with Crippen LogP contribution in [0.2, 0.25) is 0 Å². The van der Waals surface area contributed by atoms with E-state index in [2.05, 4.69) is 172 Å². The van der Waals surface area contributed by atoms with Crippen LogP contribution in [0.15, 0.2) is 158 Å². The number of nitrogens with one attached hydrogen (secondary N) is 1. The summed E-state index contributed by atoms with van der Waals surface area (Å²) < 4.78 is 30.7. The molecule has 84 heavy (non-hydrogen) atoms. The van der Waals surface area contributed by atoms with Gasteiger partial charge in [-0.2, -0.15) is 0 Å². The topological polar surface area (TPSA) is 111 Å². The second-order valence-corrected chi connectivity index (χ2v) is 24.3. The number of carbonyl (C=O) groups is 2. The first kappa shape index (κ1) is 79.6. The maximum atomic E-state index is 13.6. The molecular weight excluding hydrogens is 1060 g/mol. The molecule has 0 heterocycles. The fraction of sp³-hybridized carbons (Fsp3) is 0.622. The minimum atomic E-state index is -4.48. The number of carbonyl (C=O) groups excluding carboxylic acids is 2. The van der Waals surface area contributed by atoms with Gasteiger partial charge in [0.2, 0.25) is 5.91 Å². The lowest BCUT2D eigenvalue weighted by atomic mass is 10.1. The largest absolute Gasteiger partial charge is 0.472 e. The molecule has 0 bridgehead atoms. The van der Waals surface area contributed by atoms with Gasteiger partial charge in [-0.3, -0.25) is 18.6 Å². The van der Waals surface area contributed by atoms with Crippen molar-refractivity contribution in [1.82, 2.24) is 5.32 Å². The Bertz CT molecular complexity index is 1990. The molecule has 0 aliphatic rings. The fourth-order valence-corrected chi connectivity index (χ4v) is 9.39. The number of ether oxygens (including phenoxy) is 1. The second kappa shape index (κ2) is 61.7. The van der Waals surface area contributed by atoms with Gasteiger partial charge in [-0.15, -0.1) is 0 Å². The van der Waals surface area contributed by atoms with Gasteiger partial charge in [0, 0.05) is 12.8 Å². The number of phosphoric ester groups is 1. The Morgan fingerprint density at radius 3 is 1.15 bits per heavy atom. The van der Waals surface area contributed by atoms with E-state index in [1.54, 1.807) is 0 Å². The van der Waals surface area contributed by atoms with E-state index in [9.17, 15) is 19.0 Å². The summed E-state index contributed by atoms with van der Waals surface area (Å²) in [5.41, 5.74) is 0. The van der Waals surface area contributed by atoms with Crippen LogP contribution in [0.1, 0.15) is 245 Å². The zero-order valence-corrected chi connectivity index (χ0v) is 55.2. The number of rotatable bonds is 58. The van der Waals surface area contributed by atoms with E-state index in [-0.39, 0.29) is 37.9 Å². The third kappa shape index (κ3) is 62.2. The lowest BCUT2D eigenvalue weighted by Gasteiger charge is -2.27. The second-order valence-electron chi connectivity index (χ2n) is 22.9. The average molecular weight is 1180 g/mol. The van der Waals surface area contributed by atoms with Gasteiger partial charge in [0.15, 0.2) is 0 Å². The highest BCUT2D eigenvalue weighted by Crippen LogP contribution is 2.43. The predicted molar refractivity (Wildman–Crippen MR) is 364 cm³/mol. The molecule has 0 rings (SSSR count). The molecule has 10 heteroatoms. The summed E-state index contributed by atoms with van der Waals surface area (Å²) in [6.07, 6.45) is 91.1. The number of likely N-dealkylation sites (N-methyl/N-ethyl adjacent to an activating group) is 1. The van der Waals surface area contributed by atoms with Gasteiger partial charge in [-0.25, -0.2) is 4.57 Å². The number of esters is 1. The number of quaternary nitrogens is 1. The van der Waals surface area contributed by atoms with Crippen molar-refractivity contribution in [2.24, 2.45) is 0 Å². The van der Waals surface area contributed by atoms with E-state index < -0.39 is 20.0 Å². The van der Waals surface area contributed by atoms with Crippen LogP contribution in [0.5, 0.6) is 0 Å². The van der Waals surface area contributed by atoms with Crippen LogP contribution in [0.4, 0.5) is 0 Å². The van der Waals surface area contributed by atoms with Crippen molar-refractivity contribution in [3.8, 4) is 0 Å². The average Bonchev–Trinajstić information content (AvgIpc) is 3.64. The van der Waals surface area contributed by atoms with Gasteiger partial charge in [-0.1, -0.05) is 256 Å². The first-order chi connectivity index (χ1) is 40.9. The number of hydrogen-bond donors (Lipinski definition) is 2. The number of allylic oxidation sites excluding steroid dienone is 25.